The molecule has 0 saturated heterocycles. The predicted octanol–water partition coefficient (Wildman–Crippen LogP) is 3.83. The number of carbonyl (C=O) groups is 1. The number of aryl methyl sites for hydroxylation is 1. The Morgan fingerprint density at radius 3 is 2.18 bits per heavy atom. The number of rotatable bonds is 7. The van der Waals surface area contributed by atoms with E-state index in [2.05, 4.69) is 10.0 Å². The van der Waals surface area contributed by atoms with Crippen molar-refractivity contribution in [2.24, 2.45) is 0 Å². The molecule has 0 radical (unpaired) electrons. The van der Waals surface area contributed by atoms with Crippen LogP contribution in [0.1, 0.15) is 12.0 Å². The molecule has 6 heteroatoms. The topological polar surface area (TPSA) is 75.3 Å². The van der Waals surface area contributed by atoms with Crippen molar-refractivity contribution in [2.45, 2.75) is 17.7 Å². The average Bonchev–Trinajstić information content (AvgIpc) is 2.73. The number of carbonyl (C=O) groups excluding carboxylic acids is 1. The van der Waals surface area contributed by atoms with Crippen LogP contribution in [0.5, 0.6) is 0 Å². The second kappa shape index (κ2) is 8.82. The van der Waals surface area contributed by atoms with Gasteiger partial charge in [0.2, 0.25) is 15.9 Å². The van der Waals surface area contributed by atoms with Gasteiger partial charge >= 0.3 is 0 Å². The Hall–Kier alpha value is -2.96. The Bertz CT molecular complexity index is 1050. The maximum Gasteiger partial charge on any atom is 0.240 e. The Balaban J connectivity index is 1.64. The molecule has 0 fully saturated rings. The number of nitrogens with one attached hydrogen (secondary N) is 2. The Labute approximate surface area is 165 Å². The fourth-order valence-electron chi connectivity index (χ4n) is 2.89. The van der Waals surface area contributed by atoms with E-state index in [1.165, 1.54) is 7.05 Å². The molecule has 0 unspecified atom stereocenters. The number of benzene rings is 3. The zero-order chi connectivity index (χ0) is 20.0. The lowest BCUT2D eigenvalue weighted by atomic mass is 10.0. The molecule has 3 aromatic carbocycles. The van der Waals surface area contributed by atoms with E-state index in [1.807, 2.05) is 54.6 Å². The van der Waals surface area contributed by atoms with Crippen LogP contribution in [-0.4, -0.2) is 21.4 Å². The standard InChI is InChI=1S/C22H22N2O3S/c1-23-28(26,27)19-14-11-17(12-15-19)13-16-22(25)24-21-10-6-5-9-20(21)18-7-3-2-4-8-18/h2-12,14-15,23H,13,16H2,1H3,(H,24,25). The maximum atomic E-state index is 12.4. The molecule has 144 valence electrons. The van der Waals surface area contributed by atoms with Crippen molar-refractivity contribution in [3.63, 3.8) is 0 Å². The predicted molar refractivity (Wildman–Crippen MR) is 112 cm³/mol. The van der Waals surface area contributed by atoms with Gasteiger partial charge in [0.15, 0.2) is 0 Å². The third-order valence-corrected chi connectivity index (χ3v) is 5.86. The van der Waals surface area contributed by atoms with Crippen LogP contribution in [0, 0.1) is 0 Å². The summed E-state index contributed by atoms with van der Waals surface area (Å²) in [5, 5.41) is 2.98. The molecule has 0 aromatic heterocycles. The third-order valence-electron chi connectivity index (χ3n) is 4.43. The first-order chi connectivity index (χ1) is 13.5. The van der Waals surface area contributed by atoms with Gasteiger partial charge in [0.05, 0.1) is 4.90 Å². The second-order valence-electron chi connectivity index (χ2n) is 6.31. The molecule has 28 heavy (non-hydrogen) atoms. The van der Waals surface area contributed by atoms with Gasteiger partial charge < -0.3 is 5.32 Å². The summed E-state index contributed by atoms with van der Waals surface area (Å²) < 4.78 is 25.8. The zero-order valence-corrected chi connectivity index (χ0v) is 16.4. The smallest absolute Gasteiger partial charge is 0.240 e. The summed E-state index contributed by atoms with van der Waals surface area (Å²) in [6.07, 6.45) is 0.834. The van der Waals surface area contributed by atoms with Crippen molar-refractivity contribution in [1.82, 2.24) is 4.72 Å². The Morgan fingerprint density at radius 1 is 0.857 bits per heavy atom. The molecule has 0 heterocycles. The molecule has 1 amide bonds. The van der Waals surface area contributed by atoms with E-state index in [4.69, 9.17) is 0 Å². The van der Waals surface area contributed by atoms with E-state index in [1.54, 1.807) is 24.3 Å². The zero-order valence-electron chi connectivity index (χ0n) is 15.6. The van der Waals surface area contributed by atoms with E-state index >= 15 is 0 Å². The fourth-order valence-corrected chi connectivity index (χ4v) is 3.62. The van der Waals surface area contributed by atoms with Gasteiger partial charge in [0.1, 0.15) is 0 Å². The van der Waals surface area contributed by atoms with Crippen molar-refractivity contribution in [3.8, 4) is 11.1 Å². The van der Waals surface area contributed by atoms with Gasteiger partial charge in [-0.1, -0.05) is 60.7 Å². The molecule has 3 rings (SSSR count). The lowest BCUT2D eigenvalue weighted by Crippen LogP contribution is -2.18. The van der Waals surface area contributed by atoms with E-state index in [0.717, 1.165) is 22.4 Å². The molecular formula is C22H22N2O3S. The lowest BCUT2D eigenvalue weighted by Gasteiger charge is -2.11. The van der Waals surface area contributed by atoms with E-state index in [9.17, 15) is 13.2 Å². The van der Waals surface area contributed by atoms with Crippen LogP contribution < -0.4 is 10.0 Å². The lowest BCUT2D eigenvalue weighted by molar-refractivity contribution is -0.116. The molecule has 0 aliphatic heterocycles. The fraction of sp³-hybridized carbons (Fsp3) is 0.136. The number of amides is 1. The van der Waals surface area contributed by atoms with Gasteiger partial charge in [-0.2, -0.15) is 0 Å². The minimum Gasteiger partial charge on any atom is -0.326 e. The first-order valence-electron chi connectivity index (χ1n) is 8.96. The molecule has 0 aliphatic carbocycles. The Kier molecular flexibility index (Phi) is 6.23. The van der Waals surface area contributed by atoms with Crippen molar-refractivity contribution >= 4 is 21.6 Å². The third kappa shape index (κ3) is 4.85. The monoisotopic (exact) mass is 394 g/mol. The number of hydrogen-bond donors (Lipinski definition) is 2. The molecule has 0 atom stereocenters. The van der Waals surface area contributed by atoms with Gasteiger partial charge in [0, 0.05) is 17.7 Å². The molecule has 0 saturated carbocycles. The molecule has 0 spiro atoms. The van der Waals surface area contributed by atoms with Crippen LogP contribution in [-0.2, 0) is 21.2 Å². The van der Waals surface area contributed by atoms with Crippen LogP contribution in [0.3, 0.4) is 0 Å². The number of hydrogen-bond acceptors (Lipinski definition) is 3. The van der Waals surface area contributed by atoms with Gasteiger partial charge in [-0.15, -0.1) is 0 Å². The first kappa shape index (κ1) is 19.8. The molecule has 5 nitrogen and oxygen atoms in total. The highest BCUT2D eigenvalue weighted by Gasteiger charge is 2.11. The van der Waals surface area contributed by atoms with Crippen LogP contribution in [0.25, 0.3) is 11.1 Å². The number of para-hydroxylation sites is 1. The summed E-state index contributed by atoms with van der Waals surface area (Å²) in [5.41, 5.74) is 3.69. The van der Waals surface area contributed by atoms with Gasteiger partial charge in [0.25, 0.3) is 0 Å². The summed E-state index contributed by atoms with van der Waals surface area (Å²) >= 11 is 0. The number of anilines is 1. The summed E-state index contributed by atoms with van der Waals surface area (Å²) in [6.45, 7) is 0. The highest BCUT2D eigenvalue weighted by molar-refractivity contribution is 7.89. The van der Waals surface area contributed by atoms with Gasteiger partial charge in [-0.3, -0.25) is 4.79 Å². The van der Waals surface area contributed by atoms with Crippen molar-refractivity contribution in [3.05, 3.63) is 84.4 Å². The highest BCUT2D eigenvalue weighted by atomic mass is 32.2. The largest absolute Gasteiger partial charge is 0.326 e. The van der Waals surface area contributed by atoms with E-state index in [-0.39, 0.29) is 10.8 Å². The van der Waals surface area contributed by atoms with Gasteiger partial charge in [-0.05, 0) is 42.8 Å². The Morgan fingerprint density at radius 2 is 1.50 bits per heavy atom. The minimum absolute atomic E-state index is 0.0877. The van der Waals surface area contributed by atoms with E-state index < -0.39 is 10.0 Å². The normalized spacial score (nSPS) is 11.2. The van der Waals surface area contributed by atoms with Crippen molar-refractivity contribution in [2.75, 3.05) is 12.4 Å². The highest BCUT2D eigenvalue weighted by Crippen LogP contribution is 2.27. The van der Waals surface area contributed by atoms with Crippen LogP contribution in [0.2, 0.25) is 0 Å². The maximum absolute atomic E-state index is 12.4. The molecule has 0 bridgehead atoms. The quantitative estimate of drug-likeness (QED) is 0.639. The van der Waals surface area contributed by atoms with Crippen molar-refractivity contribution < 1.29 is 13.2 Å². The van der Waals surface area contributed by atoms with E-state index in [0.29, 0.717) is 12.8 Å². The van der Waals surface area contributed by atoms with Crippen LogP contribution in [0.15, 0.2) is 83.8 Å². The van der Waals surface area contributed by atoms with Crippen molar-refractivity contribution in [1.29, 1.82) is 0 Å². The summed E-state index contributed by atoms with van der Waals surface area (Å²) in [4.78, 5) is 12.6. The summed E-state index contributed by atoms with van der Waals surface area (Å²) in [6, 6.07) is 24.1. The molecular weight excluding hydrogens is 372 g/mol. The number of sulfonamides is 1. The second-order valence-corrected chi connectivity index (χ2v) is 8.20. The van der Waals surface area contributed by atoms with Gasteiger partial charge in [-0.25, -0.2) is 13.1 Å². The minimum atomic E-state index is -3.45. The molecule has 0 aliphatic rings. The summed E-state index contributed by atoms with van der Waals surface area (Å²) in [7, 11) is -2.07. The SMILES string of the molecule is CNS(=O)(=O)c1ccc(CCC(=O)Nc2ccccc2-c2ccccc2)cc1. The first-order valence-corrected chi connectivity index (χ1v) is 10.4. The average molecular weight is 394 g/mol. The molecule has 3 aromatic rings. The van der Waals surface area contributed by atoms with Crippen LogP contribution in [0.4, 0.5) is 5.69 Å². The summed E-state index contributed by atoms with van der Waals surface area (Å²) in [5.74, 6) is -0.0877. The molecule has 2 N–H and O–H groups in total. The van der Waals surface area contributed by atoms with Crippen LogP contribution >= 0.6 is 0 Å².